The molecule has 0 unspecified atom stereocenters. The molecule has 0 radical (unpaired) electrons. The highest BCUT2D eigenvalue weighted by atomic mass is 79.9. The van der Waals surface area contributed by atoms with Gasteiger partial charge in [0.05, 0.1) is 30.4 Å². The number of amides is 2. The number of ether oxygens (including phenoxy) is 2. The van der Waals surface area contributed by atoms with Crippen LogP contribution >= 0.6 is 15.9 Å². The molecule has 0 aromatic heterocycles. The average Bonchev–Trinajstić information content (AvgIpc) is 2.89. The SMILES string of the molecule is COc1ccc(C(=O)OCCCN2C(=O)c3ccc(Br)cc3C2=O)cc1. The predicted octanol–water partition coefficient (Wildman–Crippen LogP) is 3.30. The van der Waals surface area contributed by atoms with Crippen LogP contribution in [0.2, 0.25) is 0 Å². The largest absolute Gasteiger partial charge is 0.497 e. The first kappa shape index (κ1) is 18.1. The average molecular weight is 418 g/mol. The molecule has 0 N–H and O–H groups in total. The van der Waals surface area contributed by atoms with E-state index in [1.807, 2.05) is 0 Å². The van der Waals surface area contributed by atoms with Gasteiger partial charge in [-0.1, -0.05) is 15.9 Å². The van der Waals surface area contributed by atoms with Crippen molar-refractivity contribution in [2.24, 2.45) is 0 Å². The second kappa shape index (κ2) is 7.70. The van der Waals surface area contributed by atoms with Crippen LogP contribution in [0.25, 0.3) is 0 Å². The number of benzene rings is 2. The third-order valence-corrected chi connectivity index (χ3v) is 4.51. The molecule has 1 aliphatic rings. The minimum absolute atomic E-state index is 0.113. The Kier molecular flexibility index (Phi) is 5.37. The Morgan fingerprint density at radius 2 is 1.73 bits per heavy atom. The molecule has 6 nitrogen and oxygen atoms in total. The van der Waals surface area contributed by atoms with Gasteiger partial charge >= 0.3 is 5.97 Å². The predicted molar refractivity (Wildman–Crippen MR) is 97.4 cm³/mol. The van der Waals surface area contributed by atoms with E-state index in [4.69, 9.17) is 9.47 Å². The minimum Gasteiger partial charge on any atom is -0.497 e. The van der Waals surface area contributed by atoms with Crippen molar-refractivity contribution >= 4 is 33.7 Å². The van der Waals surface area contributed by atoms with Crippen molar-refractivity contribution in [3.05, 3.63) is 63.6 Å². The van der Waals surface area contributed by atoms with Gasteiger partial charge in [-0.15, -0.1) is 0 Å². The molecule has 0 fully saturated rings. The van der Waals surface area contributed by atoms with Crippen LogP contribution in [0.4, 0.5) is 0 Å². The molecular formula is C19H16BrNO5. The standard InChI is InChI=1S/C19H16BrNO5/c1-25-14-6-3-12(4-7-14)19(24)26-10-2-9-21-17(22)15-8-5-13(20)11-16(15)18(21)23/h3-8,11H,2,9-10H2,1H3. The first-order valence-electron chi connectivity index (χ1n) is 7.98. The molecule has 0 saturated carbocycles. The van der Waals surface area contributed by atoms with Crippen LogP contribution in [0.5, 0.6) is 5.75 Å². The van der Waals surface area contributed by atoms with Crippen LogP contribution in [0.3, 0.4) is 0 Å². The summed E-state index contributed by atoms with van der Waals surface area (Å²) >= 11 is 3.30. The summed E-state index contributed by atoms with van der Waals surface area (Å²) in [6.45, 7) is 0.307. The Bertz CT molecular complexity index is 863. The Balaban J connectivity index is 1.51. The number of imide groups is 1. The lowest BCUT2D eigenvalue weighted by Gasteiger charge is -2.13. The molecule has 26 heavy (non-hydrogen) atoms. The van der Waals surface area contributed by atoms with Gasteiger partial charge in [0.2, 0.25) is 0 Å². The molecule has 0 atom stereocenters. The number of carbonyl (C=O) groups excluding carboxylic acids is 3. The highest BCUT2D eigenvalue weighted by Gasteiger charge is 2.35. The number of fused-ring (bicyclic) bond motifs is 1. The van der Waals surface area contributed by atoms with Crippen LogP contribution < -0.4 is 4.74 Å². The Hall–Kier alpha value is -2.67. The van der Waals surface area contributed by atoms with Crippen molar-refractivity contribution in [1.29, 1.82) is 0 Å². The Labute approximate surface area is 158 Å². The molecule has 2 aromatic carbocycles. The lowest BCUT2D eigenvalue weighted by atomic mass is 10.1. The van der Waals surface area contributed by atoms with E-state index >= 15 is 0 Å². The van der Waals surface area contributed by atoms with E-state index in [1.165, 1.54) is 4.90 Å². The van der Waals surface area contributed by atoms with E-state index in [0.717, 1.165) is 4.47 Å². The van der Waals surface area contributed by atoms with Crippen molar-refractivity contribution in [2.75, 3.05) is 20.3 Å². The van der Waals surface area contributed by atoms with Crippen LogP contribution in [-0.4, -0.2) is 42.9 Å². The van der Waals surface area contributed by atoms with Gasteiger partial charge in [-0.3, -0.25) is 14.5 Å². The van der Waals surface area contributed by atoms with Crippen molar-refractivity contribution in [2.45, 2.75) is 6.42 Å². The number of hydrogen-bond donors (Lipinski definition) is 0. The Morgan fingerprint density at radius 3 is 2.42 bits per heavy atom. The third-order valence-electron chi connectivity index (χ3n) is 4.02. The molecule has 2 aromatic rings. The minimum atomic E-state index is -0.459. The van der Waals surface area contributed by atoms with E-state index in [-0.39, 0.29) is 25.0 Å². The number of esters is 1. The zero-order valence-electron chi connectivity index (χ0n) is 14.0. The van der Waals surface area contributed by atoms with E-state index in [2.05, 4.69) is 15.9 Å². The van der Waals surface area contributed by atoms with E-state index < -0.39 is 5.97 Å². The summed E-state index contributed by atoms with van der Waals surface area (Å²) < 4.78 is 11.0. The number of rotatable bonds is 6. The summed E-state index contributed by atoms with van der Waals surface area (Å²) in [6, 6.07) is 11.6. The third kappa shape index (κ3) is 3.62. The lowest BCUT2D eigenvalue weighted by molar-refractivity contribution is 0.0482. The number of methoxy groups -OCH3 is 1. The van der Waals surface area contributed by atoms with Crippen molar-refractivity contribution in [3.8, 4) is 5.75 Å². The highest BCUT2D eigenvalue weighted by molar-refractivity contribution is 9.10. The molecule has 0 saturated heterocycles. The molecule has 0 aliphatic carbocycles. The van der Waals surface area contributed by atoms with Gasteiger partial charge in [-0.2, -0.15) is 0 Å². The number of hydrogen-bond acceptors (Lipinski definition) is 5. The smallest absolute Gasteiger partial charge is 0.338 e. The van der Waals surface area contributed by atoms with Crippen LogP contribution in [0.15, 0.2) is 46.9 Å². The van der Waals surface area contributed by atoms with E-state index in [0.29, 0.717) is 28.9 Å². The summed E-state index contributed by atoms with van der Waals surface area (Å²) in [6.07, 6.45) is 0.370. The molecule has 0 bridgehead atoms. The van der Waals surface area contributed by atoms with Gasteiger partial charge in [-0.25, -0.2) is 4.79 Å². The van der Waals surface area contributed by atoms with Crippen molar-refractivity contribution < 1.29 is 23.9 Å². The summed E-state index contributed by atoms with van der Waals surface area (Å²) in [5, 5.41) is 0. The van der Waals surface area contributed by atoms with Gasteiger partial charge in [0.15, 0.2) is 0 Å². The fourth-order valence-electron chi connectivity index (χ4n) is 2.66. The fraction of sp³-hybridized carbons (Fsp3) is 0.211. The van der Waals surface area contributed by atoms with Crippen LogP contribution in [-0.2, 0) is 4.74 Å². The fourth-order valence-corrected chi connectivity index (χ4v) is 3.03. The monoisotopic (exact) mass is 417 g/mol. The first-order chi connectivity index (χ1) is 12.5. The van der Waals surface area contributed by atoms with E-state index in [9.17, 15) is 14.4 Å². The second-order valence-electron chi connectivity index (χ2n) is 5.67. The maximum absolute atomic E-state index is 12.3. The van der Waals surface area contributed by atoms with Crippen molar-refractivity contribution in [1.82, 2.24) is 4.90 Å². The molecule has 3 rings (SSSR count). The topological polar surface area (TPSA) is 72.9 Å². The number of carbonyl (C=O) groups is 3. The summed E-state index contributed by atoms with van der Waals surface area (Å²) in [7, 11) is 1.55. The highest BCUT2D eigenvalue weighted by Crippen LogP contribution is 2.26. The first-order valence-corrected chi connectivity index (χ1v) is 8.77. The maximum atomic E-state index is 12.3. The van der Waals surface area contributed by atoms with Gasteiger partial charge < -0.3 is 9.47 Å². The lowest BCUT2D eigenvalue weighted by Crippen LogP contribution is -2.31. The van der Waals surface area contributed by atoms with Crippen LogP contribution in [0.1, 0.15) is 37.5 Å². The van der Waals surface area contributed by atoms with E-state index in [1.54, 1.807) is 49.6 Å². The number of nitrogens with zero attached hydrogens (tertiary/aromatic N) is 1. The van der Waals surface area contributed by atoms with Gasteiger partial charge in [-0.05, 0) is 48.9 Å². The number of halogens is 1. The van der Waals surface area contributed by atoms with Gasteiger partial charge in [0.1, 0.15) is 5.75 Å². The molecule has 1 heterocycles. The molecule has 7 heteroatoms. The zero-order valence-corrected chi connectivity index (χ0v) is 15.6. The summed E-state index contributed by atoms with van der Waals surface area (Å²) in [5.41, 5.74) is 1.20. The summed E-state index contributed by atoms with van der Waals surface area (Å²) in [4.78, 5) is 37.8. The molecule has 0 spiro atoms. The zero-order chi connectivity index (χ0) is 18.7. The quantitative estimate of drug-likeness (QED) is 0.409. The Morgan fingerprint density at radius 1 is 1.04 bits per heavy atom. The summed E-state index contributed by atoms with van der Waals surface area (Å²) in [5.74, 6) is -0.454. The van der Waals surface area contributed by atoms with Crippen LogP contribution in [0, 0.1) is 0 Å². The van der Waals surface area contributed by atoms with Crippen molar-refractivity contribution in [3.63, 3.8) is 0 Å². The molecule has 2 amide bonds. The molecule has 1 aliphatic heterocycles. The normalized spacial score (nSPS) is 12.9. The molecule has 134 valence electrons. The maximum Gasteiger partial charge on any atom is 0.338 e. The second-order valence-corrected chi connectivity index (χ2v) is 6.59. The van der Waals surface area contributed by atoms with Gasteiger partial charge in [0, 0.05) is 11.0 Å². The van der Waals surface area contributed by atoms with Gasteiger partial charge in [0.25, 0.3) is 11.8 Å². The molecular weight excluding hydrogens is 402 g/mol.